The summed E-state index contributed by atoms with van der Waals surface area (Å²) >= 11 is 3.93. The SMILES string of the molecule is CSC1CCCC(NC2=NCC(C)CS2)C1. The second-order valence-corrected chi connectivity index (χ2v) is 7.07. The fourth-order valence-corrected chi connectivity index (χ4v) is 4.10. The monoisotopic (exact) mass is 258 g/mol. The number of aliphatic imine (C=N–C) groups is 1. The van der Waals surface area contributed by atoms with Gasteiger partial charge in [0.1, 0.15) is 0 Å². The fraction of sp³-hybridized carbons (Fsp3) is 0.917. The molecule has 2 aliphatic rings. The highest BCUT2D eigenvalue weighted by molar-refractivity contribution is 8.13. The van der Waals surface area contributed by atoms with E-state index in [9.17, 15) is 0 Å². The first kappa shape index (κ1) is 12.6. The van der Waals surface area contributed by atoms with Crippen LogP contribution in [0.2, 0.25) is 0 Å². The Hall–Kier alpha value is 0.170. The molecule has 1 aliphatic heterocycles. The third-order valence-corrected chi connectivity index (χ3v) is 5.69. The summed E-state index contributed by atoms with van der Waals surface area (Å²) in [4.78, 5) is 4.62. The van der Waals surface area contributed by atoms with Gasteiger partial charge in [-0.25, -0.2) is 0 Å². The summed E-state index contributed by atoms with van der Waals surface area (Å²) in [6, 6.07) is 0.672. The Morgan fingerprint density at radius 1 is 1.44 bits per heavy atom. The summed E-state index contributed by atoms with van der Waals surface area (Å²) < 4.78 is 0. The topological polar surface area (TPSA) is 24.4 Å². The number of thioether (sulfide) groups is 2. The lowest BCUT2D eigenvalue weighted by Gasteiger charge is -2.30. The molecule has 1 saturated carbocycles. The summed E-state index contributed by atoms with van der Waals surface area (Å²) in [7, 11) is 0. The van der Waals surface area contributed by atoms with E-state index >= 15 is 0 Å². The van der Waals surface area contributed by atoms with E-state index in [2.05, 4.69) is 23.5 Å². The number of amidine groups is 1. The summed E-state index contributed by atoms with van der Waals surface area (Å²) in [5.41, 5.74) is 0. The Balaban J connectivity index is 1.80. The first-order chi connectivity index (χ1) is 7.78. The molecule has 4 heteroatoms. The maximum atomic E-state index is 4.62. The van der Waals surface area contributed by atoms with E-state index in [-0.39, 0.29) is 0 Å². The third kappa shape index (κ3) is 3.59. The number of hydrogen-bond donors (Lipinski definition) is 1. The molecule has 2 nitrogen and oxygen atoms in total. The quantitative estimate of drug-likeness (QED) is 0.824. The standard InChI is InChI=1S/C12H22N2S2/c1-9-7-13-12(16-8-9)14-10-4-3-5-11(6-10)15-2/h9-11H,3-8H2,1-2H3,(H,13,14). The van der Waals surface area contributed by atoms with Gasteiger partial charge in [-0.05, 0) is 31.4 Å². The molecular formula is C12H22N2S2. The largest absolute Gasteiger partial charge is 0.362 e. The smallest absolute Gasteiger partial charge is 0.156 e. The Labute approximate surface area is 107 Å². The van der Waals surface area contributed by atoms with Crippen LogP contribution in [0.3, 0.4) is 0 Å². The van der Waals surface area contributed by atoms with Gasteiger partial charge in [0.25, 0.3) is 0 Å². The van der Waals surface area contributed by atoms with E-state index in [1.807, 2.05) is 23.5 Å². The summed E-state index contributed by atoms with van der Waals surface area (Å²) in [6.45, 7) is 3.28. The van der Waals surface area contributed by atoms with Gasteiger partial charge in [-0.15, -0.1) is 0 Å². The molecule has 1 heterocycles. The molecule has 0 radical (unpaired) electrons. The van der Waals surface area contributed by atoms with Crippen LogP contribution in [0.4, 0.5) is 0 Å². The van der Waals surface area contributed by atoms with E-state index in [1.54, 1.807) is 0 Å². The van der Waals surface area contributed by atoms with Gasteiger partial charge < -0.3 is 5.32 Å². The van der Waals surface area contributed by atoms with Crippen LogP contribution in [0.15, 0.2) is 4.99 Å². The minimum Gasteiger partial charge on any atom is -0.362 e. The molecule has 0 bridgehead atoms. The van der Waals surface area contributed by atoms with Gasteiger partial charge in [-0.1, -0.05) is 25.1 Å². The van der Waals surface area contributed by atoms with Gasteiger partial charge in [0.2, 0.25) is 0 Å². The van der Waals surface area contributed by atoms with Crippen molar-refractivity contribution in [1.82, 2.24) is 5.32 Å². The minimum absolute atomic E-state index is 0.672. The molecule has 16 heavy (non-hydrogen) atoms. The summed E-state index contributed by atoms with van der Waals surface area (Å²) in [6.07, 6.45) is 7.65. The third-order valence-electron chi connectivity index (χ3n) is 3.34. The number of rotatable bonds is 2. The minimum atomic E-state index is 0.672. The van der Waals surface area contributed by atoms with Gasteiger partial charge >= 0.3 is 0 Å². The van der Waals surface area contributed by atoms with Crippen molar-refractivity contribution in [2.24, 2.45) is 10.9 Å². The molecule has 0 spiro atoms. The maximum absolute atomic E-state index is 4.62. The molecule has 3 atom stereocenters. The zero-order valence-electron chi connectivity index (χ0n) is 10.2. The van der Waals surface area contributed by atoms with Crippen molar-refractivity contribution in [2.75, 3.05) is 18.6 Å². The molecular weight excluding hydrogens is 236 g/mol. The van der Waals surface area contributed by atoms with Crippen molar-refractivity contribution in [3.05, 3.63) is 0 Å². The van der Waals surface area contributed by atoms with Crippen LogP contribution in [0, 0.1) is 5.92 Å². The van der Waals surface area contributed by atoms with Crippen molar-refractivity contribution < 1.29 is 0 Å². The number of nitrogens with zero attached hydrogens (tertiary/aromatic N) is 1. The molecule has 0 aromatic heterocycles. The van der Waals surface area contributed by atoms with E-state index < -0.39 is 0 Å². The lowest BCUT2D eigenvalue weighted by atomic mass is 9.95. The Morgan fingerprint density at radius 3 is 3.00 bits per heavy atom. The van der Waals surface area contributed by atoms with E-state index in [0.717, 1.165) is 17.7 Å². The highest BCUT2D eigenvalue weighted by atomic mass is 32.2. The lowest BCUT2D eigenvalue weighted by Crippen LogP contribution is -2.39. The summed E-state index contributed by atoms with van der Waals surface area (Å²) in [5.74, 6) is 1.98. The lowest BCUT2D eigenvalue weighted by molar-refractivity contribution is 0.423. The van der Waals surface area contributed by atoms with Gasteiger partial charge in [0.05, 0.1) is 0 Å². The molecule has 1 N–H and O–H groups in total. The second kappa shape index (κ2) is 6.20. The molecule has 2 rings (SSSR count). The molecule has 3 unspecified atom stereocenters. The second-order valence-electron chi connectivity index (χ2n) is 4.93. The van der Waals surface area contributed by atoms with Gasteiger partial charge in [0, 0.05) is 23.6 Å². The molecule has 0 saturated heterocycles. The van der Waals surface area contributed by atoms with Crippen molar-refractivity contribution in [3.8, 4) is 0 Å². The predicted molar refractivity (Wildman–Crippen MR) is 76.6 cm³/mol. The Bertz CT molecular complexity index is 255. The van der Waals surface area contributed by atoms with Crippen molar-refractivity contribution in [3.63, 3.8) is 0 Å². The summed E-state index contributed by atoms with van der Waals surface area (Å²) in [5, 5.41) is 5.70. The van der Waals surface area contributed by atoms with Crippen LogP contribution in [0.1, 0.15) is 32.6 Å². The zero-order valence-corrected chi connectivity index (χ0v) is 11.9. The van der Waals surface area contributed by atoms with Crippen LogP contribution in [0.25, 0.3) is 0 Å². The zero-order chi connectivity index (χ0) is 11.4. The molecule has 0 aromatic rings. The van der Waals surface area contributed by atoms with Crippen molar-refractivity contribution >= 4 is 28.7 Å². The van der Waals surface area contributed by atoms with Gasteiger partial charge in [-0.3, -0.25) is 4.99 Å². The average molecular weight is 258 g/mol. The maximum Gasteiger partial charge on any atom is 0.156 e. The van der Waals surface area contributed by atoms with Crippen molar-refractivity contribution in [1.29, 1.82) is 0 Å². The molecule has 1 fully saturated rings. The Kier molecular flexibility index (Phi) is 4.89. The molecule has 92 valence electrons. The number of hydrogen-bond acceptors (Lipinski definition) is 4. The van der Waals surface area contributed by atoms with Crippen LogP contribution < -0.4 is 5.32 Å². The van der Waals surface area contributed by atoms with Gasteiger partial charge in [-0.2, -0.15) is 11.8 Å². The van der Waals surface area contributed by atoms with Crippen LogP contribution >= 0.6 is 23.5 Å². The van der Waals surface area contributed by atoms with E-state index in [1.165, 1.54) is 36.6 Å². The Morgan fingerprint density at radius 2 is 2.31 bits per heavy atom. The van der Waals surface area contributed by atoms with Crippen LogP contribution in [-0.2, 0) is 0 Å². The first-order valence-corrected chi connectivity index (χ1v) is 8.52. The van der Waals surface area contributed by atoms with Gasteiger partial charge in [0.15, 0.2) is 5.17 Å². The van der Waals surface area contributed by atoms with Crippen LogP contribution in [-0.4, -0.2) is 35.0 Å². The molecule has 0 amide bonds. The van der Waals surface area contributed by atoms with E-state index in [0.29, 0.717) is 6.04 Å². The highest BCUT2D eigenvalue weighted by Gasteiger charge is 2.23. The highest BCUT2D eigenvalue weighted by Crippen LogP contribution is 2.27. The predicted octanol–water partition coefficient (Wildman–Crippen LogP) is 2.99. The number of nitrogens with one attached hydrogen (secondary N) is 1. The average Bonchev–Trinajstić information content (AvgIpc) is 2.32. The fourth-order valence-electron chi connectivity index (χ4n) is 2.31. The molecule has 1 aliphatic carbocycles. The molecule has 0 aromatic carbocycles. The normalized spacial score (nSPS) is 35.6. The van der Waals surface area contributed by atoms with E-state index in [4.69, 9.17) is 0 Å². The van der Waals surface area contributed by atoms with Crippen molar-refractivity contribution in [2.45, 2.75) is 43.9 Å². The van der Waals surface area contributed by atoms with Crippen LogP contribution in [0.5, 0.6) is 0 Å². The first-order valence-electron chi connectivity index (χ1n) is 6.24.